The summed E-state index contributed by atoms with van der Waals surface area (Å²) in [5.74, 6) is 1.68. The lowest BCUT2D eigenvalue weighted by Gasteiger charge is -2.30. The molecule has 0 saturated heterocycles. The van der Waals surface area contributed by atoms with Gasteiger partial charge in [0.2, 0.25) is 12.7 Å². The summed E-state index contributed by atoms with van der Waals surface area (Å²) >= 11 is 0. The van der Waals surface area contributed by atoms with Crippen LogP contribution in [0.1, 0.15) is 37.7 Å². The lowest BCUT2D eigenvalue weighted by Crippen LogP contribution is -2.30. The minimum atomic E-state index is 0.352. The Hall–Kier alpha value is -1.64. The lowest BCUT2D eigenvalue weighted by molar-refractivity contribution is 0.0410. The maximum absolute atomic E-state index is 5.59. The molecule has 1 aliphatic carbocycles. The second kappa shape index (κ2) is 6.69. The molecule has 0 atom stereocenters. The average Bonchev–Trinajstić information content (AvgIpc) is 3.03. The summed E-state index contributed by atoms with van der Waals surface area (Å²) in [5.41, 5.74) is 1.32. The van der Waals surface area contributed by atoms with Crippen molar-refractivity contribution in [3.8, 4) is 0 Å². The molecule has 0 spiro atoms. The fourth-order valence-corrected chi connectivity index (χ4v) is 3.12. The molecular weight excluding hydrogens is 250 g/mol. The first-order valence-corrected chi connectivity index (χ1v) is 7.65. The third-order valence-corrected chi connectivity index (χ3v) is 4.19. The highest BCUT2D eigenvalue weighted by atomic mass is 16.7. The van der Waals surface area contributed by atoms with Crippen molar-refractivity contribution in [2.45, 2.75) is 38.6 Å². The van der Waals surface area contributed by atoms with Gasteiger partial charge in [-0.1, -0.05) is 49.6 Å². The van der Waals surface area contributed by atoms with E-state index in [1.807, 2.05) is 0 Å². The van der Waals surface area contributed by atoms with Gasteiger partial charge in [0.1, 0.15) is 6.26 Å². The van der Waals surface area contributed by atoms with Gasteiger partial charge in [-0.3, -0.25) is 0 Å². The van der Waals surface area contributed by atoms with Gasteiger partial charge in [-0.25, -0.2) is 0 Å². The Balaban J connectivity index is 1.66. The minimum Gasteiger partial charge on any atom is -0.459 e. The van der Waals surface area contributed by atoms with Crippen LogP contribution in [-0.4, -0.2) is 18.2 Å². The van der Waals surface area contributed by atoms with E-state index < -0.39 is 0 Å². The van der Waals surface area contributed by atoms with Crippen LogP contribution < -0.4 is 0 Å². The highest BCUT2D eigenvalue weighted by molar-refractivity contribution is 5.15. The van der Waals surface area contributed by atoms with Gasteiger partial charge >= 0.3 is 0 Å². The Kier molecular flexibility index (Phi) is 4.46. The van der Waals surface area contributed by atoms with E-state index >= 15 is 0 Å². The largest absolute Gasteiger partial charge is 0.459 e. The molecule has 20 heavy (non-hydrogen) atoms. The fourth-order valence-electron chi connectivity index (χ4n) is 3.12. The molecule has 0 amide bonds. The standard InChI is InChI=1S/C17H23NO2/c1-3-7-15(8-4-1)11-18(17-13-19-14-20-17)12-16-9-5-2-6-10-16/h1,3-4,7-8,13,16H,2,5-6,9-12,14H2. The van der Waals surface area contributed by atoms with Crippen molar-refractivity contribution in [3.63, 3.8) is 0 Å². The van der Waals surface area contributed by atoms with Crippen molar-refractivity contribution in [2.24, 2.45) is 5.92 Å². The summed E-state index contributed by atoms with van der Waals surface area (Å²) in [4.78, 5) is 2.33. The molecule has 0 aromatic heterocycles. The Bertz CT molecular complexity index is 438. The van der Waals surface area contributed by atoms with Gasteiger partial charge in [-0.2, -0.15) is 0 Å². The van der Waals surface area contributed by atoms with Crippen molar-refractivity contribution < 1.29 is 9.47 Å². The van der Waals surface area contributed by atoms with Crippen LogP contribution in [0.2, 0.25) is 0 Å². The second-order valence-electron chi connectivity index (χ2n) is 5.76. The van der Waals surface area contributed by atoms with E-state index in [1.165, 1.54) is 37.7 Å². The van der Waals surface area contributed by atoms with Gasteiger partial charge in [0.25, 0.3) is 0 Å². The summed E-state index contributed by atoms with van der Waals surface area (Å²) in [6, 6.07) is 10.6. The Morgan fingerprint density at radius 2 is 1.85 bits per heavy atom. The van der Waals surface area contributed by atoms with Gasteiger partial charge < -0.3 is 14.4 Å². The summed E-state index contributed by atoms with van der Waals surface area (Å²) in [6.07, 6.45) is 8.60. The quantitative estimate of drug-likeness (QED) is 0.813. The molecule has 1 fully saturated rings. The molecule has 2 aliphatic rings. The Morgan fingerprint density at radius 1 is 1.05 bits per heavy atom. The number of rotatable bonds is 5. The number of nitrogens with zero attached hydrogens (tertiary/aromatic N) is 1. The van der Waals surface area contributed by atoms with Crippen LogP contribution in [0.5, 0.6) is 0 Å². The van der Waals surface area contributed by atoms with E-state index in [0.29, 0.717) is 6.79 Å². The van der Waals surface area contributed by atoms with E-state index in [4.69, 9.17) is 9.47 Å². The summed E-state index contributed by atoms with van der Waals surface area (Å²) < 4.78 is 10.8. The number of hydrogen-bond acceptors (Lipinski definition) is 3. The molecule has 3 rings (SSSR count). The maximum atomic E-state index is 5.59. The highest BCUT2D eigenvalue weighted by Gasteiger charge is 2.22. The van der Waals surface area contributed by atoms with Crippen LogP contribution in [0.15, 0.2) is 42.5 Å². The third kappa shape index (κ3) is 3.47. The predicted molar refractivity (Wildman–Crippen MR) is 78.5 cm³/mol. The minimum absolute atomic E-state index is 0.352. The van der Waals surface area contributed by atoms with Crippen LogP contribution in [-0.2, 0) is 16.0 Å². The number of hydrogen-bond donors (Lipinski definition) is 0. The van der Waals surface area contributed by atoms with Crippen LogP contribution in [0.25, 0.3) is 0 Å². The van der Waals surface area contributed by atoms with Gasteiger partial charge in [-0.05, 0) is 24.3 Å². The molecule has 0 N–H and O–H groups in total. The topological polar surface area (TPSA) is 21.7 Å². The monoisotopic (exact) mass is 273 g/mol. The maximum Gasteiger partial charge on any atom is 0.232 e. The van der Waals surface area contributed by atoms with Gasteiger partial charge in [-0.15, -0.1) is 0 Å². The van der Waals surface area contributed by atoms with Crippen LogP contribution in [0.3, 0.4) is 0 Å². The summed E-state index contributed by atoms with van der Waals surface area (Å²) in [5, 5.41) is 0. The Morgan fingerprint density at radius 3 is 2.55 bits per heavy atom. The third-order valence-electron chi connectivity index (χ3n) is 4.19. The van der Waals surface area contributed by atoms with Crippen molar-refractivity contribution >= 4 is 0 Å². The van der Waals surface area contributed by atoms with Crippen LogP contribution in [0.4, 0.5) is 0 Å². The molecule has 1 aromatic rings. The summed E-state index contributed by atoms with van der Waals surface area (Å²) in [6.45, 7) is 2.32. The second-order valence-corrected chi connectivity index (χ2v) is 5.76. The zero-order chi connectivity index (χ0) is 13.6. The van der Waals surface area contributed by atoms with E-state index in [-0.39, 0.29) is 0 Å². The highest BCUT2D eigenvalue weighted by Crippen LogP contribution is 2.27. The van der Waals surface area contributed by atoms with Gasteiger partial charge in [0.05, 0.1) is 0 Å². The van der Waals surface area contributed by atoms with E-state index in [0.717, 1.165) is 24.9 Å². The fraction of sp³-hybridized carbons (Fsp3) is 0.529. The first-order chi connectivity index (χ1) is 9.92. The van der Waals surface area contributed by atoms with E-state index in [9.17, 15) is 0 Å². The molecule has 3 nitrogen and oxygen atoms in total. The normalized spacial score (nSPS) is 19.1. The molecule has 108 valence electrons. The smallest absolute Gasteiger partial charge is 0.232 e. The van der Waals surface area contributed by atoms with E-state index in [1.54, 1.807) is 6.26 Å². The first-order valence-electron chi connectivity index (χ1n) is 7.65. The van der Waals surface area contributed by atoms with Crippen LogP contribution >= 0.6 is 0 Å². The van der Waals surface area contributed by atoms with Crippen molar-refractivity contribution in [3.05, 3.63) is 48.0 Å². The SMILES string of the molecule is C1=C(N(Cc2ccccc2)CC2CCCCC2)OCO1. The molecule has 1 heterocycles. The van der Waals surface area contributed by atoms with Gasteiger partial charge in [0.15, 0.2) is 0 Å². The molecule has 0 bridgehead atoms. The van der Waals surface area contributed by atoms with Crippen molar-refractivity contribution in [2.75, 3.05) is 13.3 Å². The zero-order valence-corrected chi connectivity index (χ0v) is 12.0. The molecule has 1 saturated carbocycles. The zero-order valence-electron chi connectivity index (χ0n) is 12.0. The lowest BCUT2D eigenvalue weighted by atomic mass is 9.89. The number of benzene rings is 1. The molecule has 0 radical (unpaired) electrons. The van der Waals surface area contributed by atoms with Crippen molar-refractivity contribution in [1.29, 1.82) is 0 Å². The molecule has 3 heteroatoms. The summed E-state index contributed by atoms with van der Waals surface area (Å²) in [7, 11) is 0. The molecule has 0 unspecified atom stereocenters. The average molecular weight is 273 g/mol. The van der Waals surface area contributed by atoms with Crippen LogP contribution in [0, 0.1) is 5.92 Å². The molecule has 1 aromatic carbocycles. The molecule has 1 aliphatic heterocycles. The van der Waals surface area contributed by atoms with E-state index in [2.05, 4.69) is 35.2 Å². The predicted octanol–water partition coefficient (Wildman–Crippen LogP) is 3.87. The number of ether oxygens (including phenoxy) is 2. The van der Waals surface area contributed by atoms with Crippen molar-refractivity contribution in [1.82, 2.24) is 4.90 Å². The first kappa shape index (κ1) is 13.3. The van der Waals surface area contributed by atoms with Gasteiger partial charge in [0, 0.05) is 13.1 Å². The molecular formula is C17H23NO2. The Labute approximate surface area is 121 Å².